The third-order valence-corrected chi connectivity index (χ3v) is 6.24. The third-order valence-electron chi connectivity index (χ3n) is 6.24. The molecule has 6 rings (SSSR count). The van der Waals surface area contributed by atoms with E-state index in [0.717, 1.165) is 0 Å². The van der Waals surface area contributed by atoms with E-state index in [1.807, 2.05) is 12.1 Å². The Labute approximate surface area is 222 Å². The SMILES string of the molecule is Cl.NC(N)=Nc1ccc(C(=O)Oc2ccc3c(c2)Oc2cc(O)ccc2C32OC(=O)c3ccccc32)cc1. The van der Waals surface area contributed by atoms with Crippen LogP contribution in [-0.2, 0) is 10.3 Å². The predicted octanol–water partition coefficient (Wildman–Crippen LogP) is 4.51. The number of aliphatic imine (C=N–C) groups is 1. The zero-order valence-corrected chi connectivity index (χ0v) is 20.4. The van der Waals surface area contributed by atoms with Gasteiger partial charge in [0.15, 0.2) is 11.6 Å². The largest absolute Gasteiger partial charge is 0.508 e. The summed E-state index contributed by atoms with van der Waals surface area (Å²) in [5, 5.41) is 10.1. The van der Waals surface area contributed by atoms with Crippen molar-refractivity contribution in [1.82, 2.24) is 0 Å². The van der Waals surface area contributed by atoms with Gasteiger partial charge in [-0.3, -0.25) is 0 Å². The van der Waals surface area contributed by atoms with Crippen LogP contribution in [0, 0.1) is 0 Å². The summed E-state index contributed by atoms with van der Waals surface area (Å²) in [6, 6.07) is 22.9. The smallest absolute Gasteiger partial charge is 0.343 e. The molecule has 0 saturated carbocycles. The first-order valence-electron chi connectivity index (χ1n) is 11.3. The van der Waals surface area contributed by atoms with Crippen LogP contribution in [0.25, 0.3) is 0 Å². The van der Waals surface area contributed by atoms with Crippen molar-refractivity contribution < 1.29 is 28.9 Å². The quantitative estimate of drug-likeness (QED) is 0.152. The van der Waals surface area contributed by atoms with Gasteiger partial charge in [0.05, 0.1) is 16.8 Å². The Kier molecular flexibility index (Phi) is 5.93. The average molecular weight is 530 g/mol. The molecule has 2 aliphatic rings. The van der Waals surface area contributed by atoms with Crippen molar-refractivity contribution in [3.8, 4) is 23.0 Å². The van der Waals surface area contributed by atoms with E-state index in [1.165, 1.54) is 12.1 Å². The highest BCUT2D eigenvalue weighted by Crippen LogP contribution is 2.56. The lowest BCUT2D eigenvalue weighted by Crippen LogP contribution is -2.33. The molecule has 9 nitrogen and oxygen atoms in total. The van der Waals surface area contributed by atoms with Crippen LogP contribution in [0.3, 0.4) is 0 Å². The van der Waals surface area contributed by atoms with Crippen molar-refractivity contribution in [2.45, 2.75) is 5.60 Å². The summed E-state index contributed by atoms with van der Waals surface area (Å²) in [6.45, 7) is 0. The maximum atomic E-state index is 12.9. The monoisotopic (exact) mass is 529 g/mol. The van der Waals surface area contributed by atoms with E-state index in [1.54, 1.807) is 60.7 Å². The van der Waals surface area contributed by atoms with E-state index in [9.17, 15) is 14.7 Å². The number of carbonyl (C=O) groups is 2. The van der Waals surface area contributed by atoms with Crippen molar-refractivity contribution in [1.29, 1.82) is 0 Å². The normalized spacial score (nSPS) is 16.2. The second-order valence-electron chi connectivity index (χ2n) is 8.53. The molecule has 1 atom stereocenters. The van der Waals surface area contributed by atoms with Gasteiger partial charge in [-0.1, -0.05) is 18.2 Å². The van der Waals surface area contributed by atoms with Crippen molar-refractivity contribution >= 4 is 36.0 Å². The molecule has 0 aliphatic carbocycles. The van der Waals surface area contributed by atoms with Gasteiger partial charge in [-0.25, -0.2) is 14.6 Å². The summed E-state index contributed by atoms with van der Waals surface area (Å²) in [5.74, 6) is -0.325. The van der Waals surface area contributed by atoms with E-state index in [0.29, 0.717) is 45.0 Å². The fourth-order valence-electron chi connectivity index (χ4n) is 4.70. The van der Waals surface area contributed by atoms with Gasteiger partial charge < -0.3 is 30.8 Å². The number of phenols is 1. The predicted molar refractivity (Wildman–Crippen MR) is 140 cm³/mol. The molecule has 0 bridgehead atoms. The number of phenolic OH excluding ortho intramolecular Hbond substituents is 1. The molecule has 5 N–H and O–H groups in total. The molecule has 4 aromatic rings. The van der Waals surface area contributed by atoms with Gasteiger partial charge in [0.2, 0.25) is 0 Å². The highest BCUT2D eigenvalue weighted by Gasteiger charge is 2.53. The van der Waals surface area contributed by atoms with E-state index in [2.05, 4.69) is 4.99 Å². The van der Waals surface area contributed by atoms with Crippen LogP contribution >= 0.6 is 12.4 Å². The first kappa shape index (κ1) is 24.7. The Morgan fingerprint density at radius 2 is 1.55 bits per heavy atom. The van der Waals surface area contributed by atoms with E-state index in [-0.39, 0.29) is 29.9 Å². The molecule has 0 saturated heterocycles. The number of hydrogen-bond acceptors (Lipinski definition) is 7. The van der Waals surface area contributed by atoms with Crippen LogP contribution in [0.2, 0.25) is 0 Å². The summed E-state index contributed by atoms with van der Waals surface area (Å²) >= 11 is 0. The van der Waals surface area contributed by atoms with Gasteiger partial charge in [0, 0.05) is 28.8 Å². The summed E-state index contributed by atoms with van der Waals surface area (Å²) in [7, 11) is 0. The van der Waals surface area contributed by atoms with Crippen LogP contribution in [0.1, 0.15) is 37.4 Å². The molecular formula is C28H20ClN3O6. The number of aromatic hydroxyl groups is 1. The fraction of sp³-hybridized carbons (Fsp3) is 0.0357. The number of guanidine groups is 1. The molecule has 190 valence electrons. The number of nitrogens with zero attached hydrogens (tertiary/aromatic N) is 1. The summed E-state index contributed by atoms with van der Waals surface area (Å²) in [4.78, 5) is 29.6. The van der Waals surface area contributed by atoms with Gasteiger partial charge in [0.1, 0.15) is 23.0 Å². The topological polar surface area (TPSA) is 146 Å². The molecule has 2 aliphatic heterocycles. The number of fused-ring (bicyclic) bond motifs is 6. The fourth-order valence-corrected chi connectivity index (χ4v) is 4.70. The molecule has 1 unspecified atom stereocenters. The van der Waals surface area contributed by atoms with Crippen molar-refractivity contribution in [2.24, 2.45) is 16.5 Å². The Balaban J connectivity index is 0.00000294. The number of halogens is 1. The number of ether oxygens (including phenoxy) is 3. The minimum absolute atomic E-state index is 0. The standard InChI is InChI=1S/C28H19N3O6.ClH/c29-27(30)31-16-7-5-15(6-8-16)25(33)35-18-10-12-22-24(14-18)36-23-13-17(32)9-11-21(23)28(22)20-4-2-1-3-19(20)26(34)37-28;/h1-14,32H,(H4,29,30,31);1H. The van der Waals surface area contributed by atoms with Gasteiger partial charge in [-0.05, 0) is 54.6 Å². The Morgan fingerprint density at radius 3 is 2.29 bits per heavy atom. The lowest BCUT2D eigenvalue weighted by molar-refractivity contribution is 0.0224. The second kappa shape index (κ2) is 9.13. The Bertz CT molecular complexity index is 1630. The Hall–Kier alpha value is -5.02. The molecule has 4 aromatic carbocycles. The van der Waals surface area contributed by atoms with Crippen LogP contribution in [0.15, 0.2) is 89.9 Å². The van der Waals surface area contributed by atoms with Crippen LogP contribution in [-0.4, -0.2) is 23.0 Å². The number of carbonyl (C=O) groups excluding carboxylic acids is 2. The number of hydrogen-bond donors (Lipinski definition) is 3. The molecule has 0 radical (unpaired) electrons. The number of benzene rings is 4. The van der Waals surface area contributed by atoms with Crippen LogP contribution in [0.4, 0.5) is 5.69 Å². The first-order chi connectivity index (χ1) is 17.8. The van der Waals surface area contributed by atoms with E-state index >= 15 is 0 Å². The highest BCUT2D eigenvalue weighted by molar-refractivity contribution is 5.97. The van der Waals surface area contributed by atoms with Gasteiger partial charge in [0.25, 0.3) is 0 Å². The number of rotatable bonds is 3. The lowest BCUT2D eigenvalue weighted by Gasteiger charge is -2.36. The minimum Gasteiger partial charge on any atom is -0.508 e. The maximum Gasteiger partial charge on any atom is 0.343 e. The minimum atomic E-state index is -1.28. The molecule has 0 amide bonds. The summed E-state index contributed by atoms with van der Waals surface area (Å²) in [6.07, 6.45) is 0. The lowest BCUT2D eigenvalue weighted by atomic mass is 9.77. The molecule has 10 heteroatoms. The van der Waals surface area contributed by atoms with E-state index in [4.69, 9.17) is 25.7 Å². The second-order valence-corrected chi connectivity index (χ2v) is 8.53. The average Bonchev–Trinajstić information content (AvgIpc) is 3.17. The molecular weight excluding hydrogens is 510 g/mol. The zero-order valence-electron chi connectivity index (χ0n) is 19.6. The van der Waals surface area contributed by atoms with Gasteiger partial charge in [-0.2, -0.15) is 0 Å². The van der Waals surface area contributed by atoms with Crippen LogP contribution < -0.4 is 20.9 Å². The van der Waals surface area contributed by atoms with Gasteiger partial charge >= 0.3 is 11.9 Å². The third kappa shape index (κ3) is 3.86. The van der Waals surface area contributed by atoms with Gasteiger partial charge in [-0.15, -0.1) is 12.4 Å². The highest BCUT2D eigenvalue weighted by atomic mass is 35.5. The summed E-state index contributed by atoms with van der Waals surface area (Å²) < 4.78 is 17.7. The molecule has 0 fully saturated rings. The maximum absolute atomic E-state index is 12.9. The Morgan fingerprint density at radius 1 is 0.868 bits per heavy atom. The van der Waals surface area contributed by atoms with Crippen molar-refractivity contribution in [3.63, 3.8) is 0 Å². The van der Waals surface area contributed by atoms with E-state index < -0.39 is 17.5 Å². The number of esters is 2. The molecule has 1 spiro atoms. The molecule has 38 heavy (non-hydrogen) atoms. The zero-order chi connectivity index (χ0) is 25.7. The van der Waals surface area contributed by atoms with Crippen molar-refractivity contribution in [3.05, 3.63) is 113 Å². The van der Waals surface area contributed by atoms with Crippen LogP contribution in [0.5, 0.6) is 23.0 Å². The first-order valence-corrected chi connectivity index (χ1v) is 11.3. The molecule has 0 aromatic heterocycles. The summed E-state index contributed by atoms with van der Waals surface area (Å²) in [5.41, 5.74) is 12.5. The van der Waals surface area contributed by atoms with Crippen molar-refractivity contribution in [2.75, 3.05) is 0 Å². The molecule has 2 heterocycles. The number of nitrogens with two attached hydrogens (primary N) is 2.